The average molecular weight is 248 g/mol. The molecule has 0 aliphatic rings. The van der Waals surface area contributed by atoms with Crippen LogP contribution >= 0.6 is 0 Å². The molecule has 0 aromatic heterocycles. The van der Waals surface area contributed by atoms with Gasteiger partial charge in [-0.2, -0.15) is 0 Å². The first-order valence-corrected chi connectivity index (χ1v) is 6.69. The highest BCUT2D eigenvalue weighted by Gasteiger charge is 2.21. The molecule has 0 radical (unpaired) electrons. The maximum atomic E-state index is 12.4. The Bertz CT molecular complexity index is 390. The molecule has 1 N–H and O–H groups in total. The lowest BCUT2D eigenvalue weighted by molar-refractivity contribution is -0.121. The number of nitrogens with one attached hydrogen (secondary N) is 1. The van der Waals surface area contributed by atoms with E-state index in [1.165, 1.54) is 0 Å². The second-order valence-electron chi connectivity index (χ2n) is 4.58. The van der Waals surface area contributed by atoms with E-state index in [1.807, 2.05) is 49.9 Å². The van der Waals surface area contributed by atoms with Crippen LogP contribution in [0, 0.1) is 12.8 Å². The number of aryl methyl sites for hydroxylation is 1. The van der Waals surface area contributed by atoms with E-state index in [4.69, 9.17) is 0 Å². The molecule has 0 aliphatic heterocycles. The zero-order chi connectivity index (χ0) is 13.5. The van der Waals surface area contributed by atoms with Gasteiger partial charge in [-0.15, -0.1) is 0 Å². The second-order valence-corrected chi connectivity index (χ2v) is 4.58. The van der Waals surface area contributed by atoms with Crippen LogP contribution in [-0.4, -0.2) is 25.5 Å². The molecule has 1 unspecified atom stereocenters. The summed E-state index contributed by atoms with van der Waals surface area (Å²) in [6, 6.07) is 8.03. The van der Waals surface area contributed by atoms with Crippen LogP contribution in [0.4, 0.5) is 5.69 Å². The van der Waals surface area contributed by atoms with Gasteiger partial charge >= 0.3 is 0 Å². The standard InChI is InChI=1S/C15H24N2O/c1-5-16-11-13(4)15(18)17(6-2)14-10-8-7-9-12(14)3/h7-10,13,16H,5-6,11H2,1-4H3. The zero-order valence-corrected chi connectivity index (χ0v) is 11.9. The largest absolute Gasteiger partial charge is 0.316 e. The van der Waals surface area contributed by atoms with Gasteiger partial charge in [0.25, 0.3) is 0 Å². The van der Waals surface area contributed by atoms with E-state index < -0.39 is 0 Å². The molecule has 1 aromatic rings. The summed E-state index contributed by atoms with van der Waals surface area (Å²) in [5, 5.41) is 3.23. The van der Waals surface area contributed by atoms with Gasteiger partial charge in [-0.25, -0.2) is 0 Å². The highest BCUT2D eigenvalue weighted by atomic mass is 16.2. The number of benzene rings is 1. The molecule has 3 nitrogen and oxygen atoms in total. The monoisotopic (exact) mass is 248 g/mol. The summed E-state index contributed by atoms with van der Waals surface area (Å²) >= 11 is 0. The molecule has 1 aromatic carbocycles. The van der Waals surface area contributed by atoms with Gasteiger partial charge in [-0.3, -0.25) is 4.79 Å². The molecule has 0 aliphatic carbocycles. The van der Waals surface area contributed by atoms with E-state index in [0.29, 0.717) is 6.54 Å². The third-order valence-corrected chi connectivity index (χ3v) is 3.11. The number of rotatable bonds is 6. The Morgan fingerprint density at radius 3 is 2.56 bits per heavy atom. The molecule has 0 heterocycles. The number of carbonyl (C=O) groups is 1. The normalized spacial score (nSPS) is 12.2. The first-order valence-electron chi connectivity index (χ1n) is 6.69. The third kappa shape index (κ3) is 3.57. The molecule has 0 spiro atoms. The predicted molar refractivity (Wildman–Crippen MR) is 76.9 cm³/mol. The van der Waals surface area contributed by atoms with E-state index >= 15 is 0 Å². The molecule has 0 fully saturated rings. The van der Waals surface area contributed by atoms with Gasteiger partial charge in [0, 0.05) is 24.7 Å². The van der Waals surface area contributed by atoms with Crippen LogP contribution < -0.4 is 10.2 Å². The molecule has 1 rings (SSSR count). The molecule has 1 atom stereocenters. The zero-order valence-electron chi connectivity index (χ0n) is 11.9. The fraction of sp³-hybridized carbons (Fsp3) is 0.533. The molecule has 0 bridgehead atoms. The van der Waals surface area contributed by atoms with Crippen molar-refractivity contribution in [3.63, 3.8) is 0 Å². The van der Waals surface area contributed by atoms with E-state index in [1.54, 1.807) is 0 Å². The summed E-state index contributed by atoms with van der Waals surface area (Å²) in [6.07, 6.45) is 0. The summed E-state index contributed by atoms with van der Waals surface area (Å²) in [7, 11) is 0. The van der Waals surface area contributed by atoms with E-state index in [2.05, 4.69) is 12.2 Å². The number of para-hydroxylation sites is 1. The van der Waals surface area contributed by atoms with Gasteiger partial charge in [0.05, 0.1) is 0 Å². The molecule has 0 saturated carbocycles. The van der Waals surface area contributed by atoms with Crippen LogP contribution in [0.1, 0.15) is 26.3 Å². The number of amides is 1. The topological polar surface area (TPSA) is 32.3 Å². The van der Waals surface area contributed by atoms with E-state index in [-0.39, 0.29) is 11.8 Å². The van der Waals surface area contributed by atoms with Crippen molar-refractivity contribution in [2.75, 3.05) is 24.5 Å². The number of anilines is 1. The van der Waals surface area contributed by atoms with Crippen LogP contribution in [0.15, 0.2) is 24.3 Å². The lowest BCUT2D eigenvalue weighted by atomic mass is 10.1. The Hall–Kier alpha value is -1.35. The van der Waals surface area contributed by atoms with E-state index in [9.17, 15) is 4.79 Å². The van der Waals surface area contributed by atoms with Gasteiger partial charge < -0.3 is 10.2 Å². The van der Waals surface area contributed by atoms with Crippen molar-refractivity contribution in [2.45, 2.75) is 27.7 Å². The van der Waals surface area contributed by atoms with Crippen LogP contribution in [0.25, 0.3) is 0 Å². The van der Waals surface area contributed by atoms with Crippen molar-refractivity contribution in [1.82, 2.24) is 5.32 Å². The van der Waals surface area contributed by atoms with Gasteiger partial charge in [-0.1, -0.05) is 32.0 Å². The fourth-order valence-electron chi connectivity index (χ4n) is 2.03. The van der Waals surface area contributed by atoms with Gasteiger partial charge in [-0.05, 0) is 32.0 Å². The highest BCUT2D eigenvalue weighted by molar-refractivity contribution is 5.95. The predicted octanol–water partition coefficient (Wildman–Crippen LogP) is 2.59. The van der Waals surface area contributed by atoms with Crippen molar-refractivity contribution < 1.29 is 4.79 Å². The van der Waals surface area contributed by atoms with Crippen molar-refractivity contribution in [3.8, 4) is 0 Å². The lowest BCUT2D eigenvalue weighted by Crippen LogP contribution is -2.39. The summed E-state index contributed by atoms with van der Waals surface area (Å²) in [6.45, 7) is 10.4. The summed E-state index contributed by atoms with van der Waals surface area (Å²) < 4.78 is 0. The number of nitrogens with zero attached hydrogens (tertiary/aromatic N) is 1. The maximum Gasteiger partial charge on any atom is 0.231 e. The molecule has 100 valence electrons. The van der Waals surface area contributed by atoms with Gasteiger partial charge in [0.15, 0.2) is 0 Å². The van der Waals surface area contributed by atoms with Crippen LogP contribution in [0.2, 0.25) is 0 Å². The van der Waals surface area contributed by atoms with E-state index in [0.717, 1.165) is 24.3 Å². The van der Waals surface area contributed by atoms with Gasteiger partial charge in [0.2, 0.25) is 5.91 Å². The molecule has 3 heteroatoms. The Balaban J connectivity index is 2.83. The quantitative estimate of drug-likeness (QED) is 0.839. The number of hydrogen-bond donors (Lipinski definition) is 1. The Kier molecular flexibility index (Phi) is 5.86. The van der Waals surface area contributed by atoms with Crippen LogP contribution in [0.5, 0.6) is 0 Å². The molecular weight excluding hydrogens is 224 g/mol. The second kappa shape index (κ2) is 7.17. The lowest BCUT2D eigenvalue weighted by Gasteiger charge is -2.26. The smallest absolute Gasteiger partial charge is 0.231 e. The summed E-state index contributed by atoms with van der Waals surface area (Å²) in [4.78, 5) is 14.3. The van der Waals surface area contributed by atoms with Crippen molar-refractivity contribution in [2.24, 2.45) is 5.92 Å². The highest BCUT2D eigenvalue weighted by Crippen LogP contribution is 2.20. The number of carbonyl (C=O) groups excluding carboxylic acids is 1. The summed E-state index contributed by atoms with van der Waals surface area (Å²) in [5.41, 5.74) is 2.16. The number of hydrogen-bond acceptors (Lipinski definition) is 2. The molecule has 0 saturated heterocycles. The van der Waals surface area contributed by atoms with Crippen molar-refractivity contribution in [3.05, 3.63) is 29.8 Å². The Morgan fingerprint density at radius 1 is 1.33 bits per heavy atom. The molecule has 1 amide bonds. The van der Waals surface area contributed by atoms with Crippen LogP contribution in [-0.2, 0) is 4.79 Å². The Morgan fingerprint density at radius 2 is 2.00 bits per heavy atom. The minimum absolute atomic E-state index is 0.00417. The summed E-state index contributed by atoms with van der Waals surface area (Å²) in [5.74, 6) is 0.192. The van der Waals surface area contributed by atoms with Gasteiger partial charge in [0.1, 0.15) is 0 Å². The molecule has 18 heavy (non-hydrogen) atoms. The van der Waals surface area contributed by atoms with Crippen LogP contribution in [0.3, 0.4) is 0 Å². The average Bonchev–Trinajstić information content (AvgIpc) is 2.38. The SMILES string of the molecule is CCNCC(C)C(=O)N(CC)c1ccccc1C. The first-order chi connectivity index (χ1) is 8.61. The van der Waals surface area contributed by atoms with Crippen molar-refractivity contribution >= 4 is 11.6 Å². The fourth-order valence-corrected chi connectivity index (χ4v) is 2.03. The first kappa shape index (κ1) is 14.7. The molecular formula is C15H24N2O. The van der Waals surface area contributed by atoms with Crippen molar-refractivity contribution in [1.29, 1.82) is 0 Å². The minimum atomic E-state index is 0.00417. The Labute approximate surface area is 110 Å². The maximum absolute atomic E-state index is 12.4. The minimum Gasteiger partial charge on any atom is -0.316 e. The third-order valence-electron chi connectivity index (χ3n) is 3.11.